The van der Waals surface area contributed by atoms with Gasteiger partial charge in [-0.3, -0.25) is 9.78 Å². The van der Waals surface area contributed by atoms with E-state index in [1.807, 2.05) is 46.8 Å². The first-order chi connectivity index (χ1) is 7.91. The number of ketones is 1. The van der Waals surface area contributed by atoms with Crippen molar-refractivity contribution in [2.24, 2.45) is 11.1 Å². The van der Waals surface area contributed by atoms with E-state index >= 15 is 0 Å². The van der Waals surface area contributed by atoms with E-state index in [1.165, 1.54) is 0 Å². The lowest BCUT2D eigenvalue weighted by atomic mass is 9.85. The molecule has 1 aromatic rings. The fourth-order valence-electron chi connectivity index (χ4n) is 1.42. The molecule has 0 spiro atoms. The molecule has 1 unspecified atom stereocenters. The molecule has 1 heterocycles. The molecule has 17 heavy (non-hydrogen) atoms. The largest absolute Gasteiger partial charge is 0.321 e. The zero-order valence-electron chi connectivity index (χ0n) is 11.5. The van der Waals surface area contributed by atoms with E-state index in [1.54, 1.807) is 12.4 Å². The molecule has 1 aromatic heterocycles. The van der Waals surface area contributed by atoms with E-state index < -0.39 is 6.04 Å². The Morgan fingerprint density at radius 3 is 2.47 bits per heavy atom. The van der Waals surface area contributed by atoms with Gasteiger partial charge in [-0.15, -0.1) is 0 Å². The van der Waals surface area contributed by atoms with Gasteiger partial charge in [0.1, 0.15) is 0 Å². The van der Waals surface area contributed by atoms with E-state index in [9.17, 15) is 4.79 Å². The standard InChI is InChI=1S/C12H18N2O.C2H6.H2/c1-12(2,3)11(15)10(13)7-9-5-4-6-14-8-9;1-2;/h4-6,8,10H,7,13H2,1-3H3;1-2H3;1H. The maximum atomic E-state index is 11.8. The number of aromatic nitrogens is 1. The van der Waals surface area contributed by atoms with Crippen LogP contribution in [-0.4, -0.2) is 16.8 Å². The van der Waals surface area contributed by atoms with Gasteiger partial charge in [0, 0.05) is 19.2 Å². The Labute approximate surface area is 106 Å². The lowest BCUT2D eigenvalue weighted by Crippen LogP contribution is -2.40. The molecule has 0 bridgehead atoms. The highest BCUT2D eigenvalue weighted by Crippen LogP contribution is 2.17. The summed E-state index contributed by atoms with van der Waals surface area (Å²) in [7, 11) is 0. The summed E-state index contributed by atoms with van der Waals surface area (Å²) in [6.07, 6.45) is 4.01. The van der Waals surface area contributed by atoms with Crippen LogP contribution < -0.4 is 5.73 Å². The van der Waals surface area contributed by atoms with Crippen LogP contribution in [0.5, 0.6) is 0 Å². The highest BCUT2D eigenvalue weighted by molar-refractivity contribution is 5.88. The van der Waals surface area contributed by atoms with Gasteiger partial charge in [-0.05, 0) is 18.1 Å². The second-order valence-corrected chi connectivity index (χ2v) is 4.79. The monoisotopic (exact) mass is 238 g/mol. The first-order valence-electron chi connectivity index (χ1n) is 6.10. The molecule has 1 atom stereocenters. The number of nitrogens with two attached hydrogens (primary N) is 1. The number of pyridine rings is 1. The van der Waals surface area contributed by atoms with Crippen LogP contribution in [0.2, 0.25) is 0 Å². The van der Waals surface area contributed by atoms with Gasteiger partial charge in [0.25, 0.3) is 0 Å². The van der Waals surface area contributed by atoms with E-state index in [0.29, 0.717) is 6.42 Å². The van der Waals surface area contributed by atoms with Gasteiger partial charge in [0.05, 0.1) is 6.04 Å². The highest BCUT2D eigenvalue weighted by Gasteiger charge is 2.26. The summed E-state index contributed by atoms with van der Waals surface area (Å²) in [6, 6.07) is 3.35. The van der Waals surface area contributed by atoms with Crippen molar-refractivity contribution in [2.45, 2.75) is 47.1 Å². The van der Waals surface area contributed by atoms with Gasteiger partial charge in [-0.25, -0.2) is 0 Å². The smallest absolute Gasteiger partial charge is 0.155 e. The molecular weight excluding hydrogens is 212 g/mol. The highest BCUT2D eigenvalue weighted by atomic mass is 16.1. The number of nitrogens with zero attached hydrogens (tertiary/aromatic N) is 1. The Kier molecular flexibility index (Phi) is 6.66. The summed E-state index contributed by atoms with van der Waals surface area (Å²) in [5, 5.41) is 0. The average Bonchev–Trinajstić information content (AvgIpc) is 2.30. The van der Waals surface area contributed by atoms with Crippen molar-refractivity contribution in [3.05, 3.63) is 30.1 Å². The van der Waals surface area contributed by atoms with Crippen LogP contribution in [0.4, 0.5) is 0 Å². The minimum atomic E-state index is -0.436. The summed E-state index contributed by atoms with van der Waals surface area (Å²) in [6.45, 7) is 9.66. The minimum absolute atomic E-state index is 0. The lowest BCUT2D eigenvalue weighted by Gasteiger charge is -2.21. The van der Waals surface area contributed by atoms with Crippen molar-refractivity contribution in [3.63, 3.8) is 0 Å². The molecule has 0 amide bonds. The summed E-state index contributed by atoms with van der Waals surface area (Å²) >= 11 is 0. The van der Waals surface area contributed by atoms with Crippen molar-refractivity contribution in [2.75, 3.05) is 0 Å². The van der Waals surface area contributed by atoms with Gasteiger partial charge in [0.2, 0.25) is 0 Å². The molecule has 0 aromatic carbocycles. The SMILES string of the molecule is CC.CC(C)(C)C(=O)C(N)Cc1cccnc1.[HH]. The van der Waals surface area contributed by atoms with Crippen LogP contribution in [0.15, 0.2) is 24.5 Å². The van der Waals surface area contributed by atoms with Crippen molar-refractivity contribution < 1.29 is 6.22 Å². The molecule has 3 nitrogen and oxygen atoms in total. The molecule has 0 radical (unpaired) electrons. The van der Waals surface area contributed by atoms with Crippen LogP contribution in [-0.2, 0) is 11.2 Å². The van der Waals surface area contributed by atoms with Gasteiger partial charge < -0.3 is 5.73 Å². The zero-order chi connectivity index (χ0) is 13.5. The quantitative estimate of drug-likeness (QED) is 0.881. The van der Waals surface area contributed by atoms with E-state index in [4.69, 9.17) is 5.73 Å². The summed E-state index contributed by atoms with van der Waals surface area (Å²) in [5.41, 5.74) is 6.49. The van der Waals surface area contributed by atoms with Crippen molar-refractivity contribution in [1.82, 2.24) is 4.98 Å². The van der Waals surface area contributed by atoms with Crippen molar-refractivity contribution in [1.29, 1.82) is 0 Å². The lowest BCUT2D eigenvalue weighted by molar-refractivity contribution is -0.127. The summed E-state index contributed by atoms with van der Waals surface area (Å²) in [5.74, 6) is 0.0892. The normalized spacial score (nSPS) is 12.4. The minimum Gasteiger partial charge on any atom is -0.321 e. The Morgan fingerprint density at radius 2 is 2.06 bits per heavy atom. The molecular formula is C14H26N2O. The van der Waals surface area contributed by atoms with Gasteiger partial charge in [0.15, 0.2) is 5.78 Å². The van der Waals surface area contributed by atoms with Gasteiger partial charge in [-0.1, -0.05) is 40.7 Å². The van der Waals surface area contributed by atoms with Crippen molar-refractivity contribution in [3.8, 4) is 0 Å². The molecule has 0 aliphatic heterocycles. The molecule has 0 saturated carbocycles. The average molecular weight is 238 g/mol. The van der Waals surface area contributed by atoms with Crippen molar-refractivity contribution >= 4 is 5.78 Å². The fraction of sp³-hybridized carbons (Fsp3) is 0.571. The predicted octanol–water partition coefficient (Wildman–Crippen LogP) is 2.84. The third kappa shape index (κ3) is 5.59. The summed E-state index contributed by atoms with van der Waals surface area (Å²) in [4.78, 5) is 15.8. The van der Waals surface area contributed by atoms with E-state index in [-0.39, 0.29) is 12.6 Å². The van der Waals surface area contributed by atoms with Crippen LogP contribution in [0, 0.1) is 5.41 Å². The molecule has 1 rings (SSSR count). The number of hydrogen-bond acceptors (Lipinski definition) is 3. The molecule has 0 saturated heterocycles. The second kappa shape index (κ2) is 7.17. The third-order valence-electron chi connectivity index (χ3n) is 2.25. The van der Waals surface area contributed by atoms with E-state index in [2.05, 4.69) is 4.98 Å². The van der Waals surface area contributed by atoms with Gasteiger partial charge in [-0.2, -0.15) is 0 Å². The number of hydrogen-bond donors (Lipinski definition) is 1. The number of rotatable bonds is 3. The molecule has 2 N–H and O–H groups in total. The Hall–Kier alpha value is -1.22. The third-order valence-corrected chi connectivity index (χ3v) is 2.25. The van der Waals surface area contributed by atoms with Crippen LogP contribution >= 0.6 is 0 Å². The van der Waals surface area contributed by atoms with Crippen LogP contribution in [0.1, 0.15) is 41.6 Å². The molecule has 0 fully saturated rings. The summed E-state index contributed by atoms with van der Waals surface area (Å²) < 4.78 is 0. The molecule has 0 aliphatic carbocycles. The Balaban J connectivity index is 0. The van der Waals surface area contributed by atoms with Crippen LogP contribution in [0.25, 0.3) is 0 Å². The Morgan fingerprint density at radius 1 is 1.47 bits per heavy atom. The Bertz CT molecular complexity index is 333. The second-order valence-electron chi connectivity index (χ2n) is 4.79. The van der Waals surface area contributed by atoms with Gasteiger partial charge >= 0.3 is 0 Å². The maximum absolute atomic E-state index is 11.8. The number of carbonyl (C=O) groups is 1. The van der Waals surface area contributed by atoms with Crippen LogP contribution in [0.3, 0.4) is 0 Å². The maximum Gasteiger partial charge on any atom is 0.155 e. The molecule has 3 heteroatoms. The fourth-order valence-corrected chi connectivity index (χ4v) is 1.42. The number of Topliss-reactive ketones (excluding diaryl/α,β-unsaturated/α-hetero) is 1. The topological polar surface area (TPSA) is 56.0 Å². The zero-order valence-corrected chi connectivity index (χ0v) is 11.5. The van der Waals surface area contributed by atoms with E-state index in [0.717, 1.165) is 5.56 Å². The molecule has 0 aliphatic rings. The molecule has 98 valence electrons. The first-order valence-corrected chi connectivity index (χ1v) is 6.10. The first kappa shape index (κ1) is 15.8. The number of carbonyl (C=O) groups excluding carboxylic acids is 1. The predicted molar refractivity (Wildman–Crippen MR) is 73.8 cm³/mol.